The molecule has 0 radical (unpaired) electrons. The van der Waals surface area contributed by atoms with Crippen LogP contribution in [0.25, 0.3) is 0 Å². The fourth-order valence-corrected chi connectivity index (χ4v) is 2.26. The Kier molecular flexibility index (Phi) is 4.78. The molecule has 0 aromatic carbocycles. The van der Waals surface area contributed by atoms with E-state index in [1.807, 2.05) is 0 Å². The number of esters is 1. The summed E-state index contributed by atoms with van der Waals surface area (Å²) in [6.45, 7) is 0.367. The molecule has 1 aliphatic carbocycles. The predicted octanol–water partition coefficient (Wildman–Crippen LogP) is 0.710. The van der Waals surface area contributed by atoms with E-state index in [0.717, 1.165) is 19.3 Å². The molecule has 1 saturated carbocycles. The second-order valence-electron chi connectivity index (χ2n) is 4.09. The van der Waals surface area contributed by atoms with Gasteiger partial charge >= 0.3 is 5.97 Å². The summed E-state index contributed by atoms with van der Waals surface area (Å²) in [6, 6.07) is 0. The third-order valence-corrected chi connectivity index (χ3v) is 3.14. The van der Waals surface area contributed by atoms with Crippen molar-refractivity contribution < 1.29 is 14.3 Å². The van der Waals surface area contributed by atoms with Crippen LogP contribution in [-0.4, -0.2) is 38.4 Å². The van der Waals surface area contributed by atoms with Crippen molar-refractivity contribution in [2.45, 2.75) is 37.3 Å². The number of carbonyl (C=O) groups excluding carboxylic acids is 1. The van der Waals surface area contributed by atoms with Gasteiger partial charge in [-0.2, -0.15) is 0 Å². The van der Waals surface area contributed by atoms with Gasteiger partial charge in [0, 0.05) is 13.5 Å². The smallest absolute Gasteiger partial charge is 0.326 e. The molecule has 2 unspecified atom stereocenters. The number of nitrogens with one attached hydrogen (secondary N) is 1. The minimum atomic E-state index is -0.667. The summed E-state index contributed by atoms with van der Waals surface area (Å²) in [5.41, 5.74) is -0.667. The molecule has 16 heavy (non-hydrogen) atoms. The number of carbonyl (C=O) groups is 1. The number of rotatable bonds is 4. The first-order valence-corrected chi connectivity index (χ1v) is 5.48. The summed E-state index contributed by atoms with van der Waals surface area (Å²) in [6.07, 6.45) is 8.60. The van der Waals surface area contributed by atoms with Gasteiger partial charge in [0.25, 0.3) is 0 Å². The van der Waals surface area contributed by atoms with Crippen molar-refractivity contribution in [1.82, 2.24) is 5.32 Å². The van der Waals surface area contributed by atoms with Gasteiger partial charge in [-0.25, -0.2) is 0 Å². The summed E-state index contributed by atoms with van der Waals surface area (Å²) in [4.78, 5) is 11.8. The van der Waals surface area contributed by atoms with Gasteiger partial charge in [0.05, 0.1) is 19.8 Å². The van der Waals surface area contributed by atoms with Crippen LogP contribution in [0.5, 0.6) is 0 Å². The van der Waals surface area contributed by atoms with Crippen LogP contribution in [-0.2, 0) is 14.3 Å². The van der Waals surface area contributed by atoms with Crippen LogP contribution in [0.1, 0.15) is 25.7 Å². The number of hydrogen-bond acceptors (Lipinski definition) is 4. The number of terminal acetylenes is 1. The lowest BCUT2D eigenvalue weighted by Gasteiger charge is -2.38. The van der Waals surface area contributed by atoms with Gasteiger partial charge in [-0.3, -0.25) is 10.1 Å². The standard InChI is InChI=1S/C12H19NO3/c1-4-8-13-12(11(14)16-3)7-5-6-10(9-12)15-2/h1,10,13H,5-9H2,2-3H3. The molecule has 4 heteroatoms. The second kappa shape index (κ2) is 5.88. The minimum Gasteiger partial charge on any atom is -0.468 e. The molecule has 4 nitrogen and oxygen atoms in total. The molecule has 0 aromatic heterocycles. The minimum absolute atomic E-state index is 0.0955. The quantitative estimate of drug-likeness (QED) is 0.565. The van der Waals surface area contributed by atoms with Crippen molar-refractivity contribution >= 4 is 5.97 Å². The summed E-state index contributed by atoms with van der Waals surface area (Å²) in [7, 11) is 3.07. The first-order chi connectivity index (χ1) is 7.68. The molecule has 1 N–H and O–H groups in total. The molecular formula is C12H19NO3. The summed E-state index contributed by atoms with van der Waals surface area (Å²) >= 11 is 0. The Morgan fingerprint density at radius 1 is 1.62 bits per heavy atom. The van der Waals surface area contributed by atoms with Gasteiger partial charge in [0.15, 0.2) is 0 Å². The van der Waals surface area contributed by atoms with Crippen LogP contribution in [0.4, 0.5) is 0 Å². The average molecular weight is 225 g/mol. The SMILES string of the molecule is C#CCNC1(C(=O)OC)CCCC(OC)C1. The Morgan fingerprint density at radius 3 is 2.94 bits per heavy atom. The maximum atomic E-state index is 11.8. The summed E-state index contributed by atoms with van der Waals surface area (Å²) < 4.78 is 10.2. The van der Waals surface area contributed by atoms with Gasteiger partial charge in [0.2, 0.25) is 0 Å². The Labute approximate surface area is 96.7 Å². The Balaban J connectivity index is 2.77. The van der Waals surface area contributed by atoms with E-state index in [4.69, 9.17) is 15.9 Å². The predicted molar refractivity (Wildman–Crippen MR) is 60.8 cm³/mol. The molecule has 0 aliphatic heterocycles. The highest BCUT2D eigenvalue weighted by Crippen LogP contribution is 2.30. The maximum Gasteiger partial charge on any atom is 0.326 e. The van der Waals surface area contributed by atoms with E-state index < -0.39 is 5.54 Å². The van der Waals surface area contributed by atoms with Crippen LogP contribution in [0.15, 0.2) is 0 Å². The van der Waals surface area contributed by atoms with Crippen molar-refractivity contribution in [3.05, 3.63) is 0 Å². The monoisotopic (exact) mass is 225 g/mol. The normalized spacial score (nSPS) is 29.4. The average Bonchev–Trinajstić information content (AvgIpc) is 2.35. The van der Waals surface area contributed by atoms with Crippen LogP contribution < -0.4 is 5.32 Å². The Bertz CT molecular complexity index is 284. The first kappa shape index (κ1) is 13.0. The molecule has 0 spiro atoms. The molecule has 0 amide bonds. The largest absolute Gasteiger partial charge is 0.468 e. The van der Waals surface area contributed by atoms with E-state index in [2.05, 4.69) is 11.2 Å². The van der Waals surface area contributed by atoms with Crippen molar-refractivity contribution in [2.75, 3.05) is 20.8 Å². The van der Waals surface area contributed by atoms with Gasteiger partial charge in [-0.1, -0.05) is 5.92 Å². The fourth-order valence-electron chi connectivity index (χ4n) is 2.26. The lowest BCUT2D eigenvalue weighted by Crippen LogP contribution is -2.56. The Morgan fingerprint density at radius 2 is 2.38 bits per heavy atom. The summed E-state index contributed by atoms with van der Waals surface area (Å²) in [5.74, 6) is 2.25. The fraction of sp³-hybridized carbons (Fsp3) is 0.750. The molecule has 0 saturated heterocycles. The first-order valence-electron chi connectivity index (χ1n) is 5.48. The van der Waals surface area contributed by atoms with Crippen LogP contribution in [0.3, 0.4) is 0 Å². The van der Waals surface area contributed by atoms with Crippen LogP contribution in [0, 0.1) is 12.3 Å². The van der Waals surface area contributed by atoms with Gasteiger partial charge < -0.3 is 9.47 Å². The van der Waals surface area contributed by atoms with Gasteiger partial charge in [-0.05, 0) is 19.3 Å². The Hall–Kier alpha value is -1.05. The van der Waals surface area contributed by atoms with E-state index in [9.17, 15) is 4.79 Å². The van der Waals surface area contributed by atoms with E-state index in [1.54, 1.807) is 7.11 Å². The zero-order valence-corrected chi connectivity index (χ0v) is 9.91. The third kappa shape index (κ3) is 2.75. The maximum absolute atomic E-state index is 11.8. The highest BCUT2D eigenvalue weighted by atomic mass is 16.5. The number of methoxy groups -OCH3 is 2. The van der Waals surface area contributed by atoms with E-state index in [0.29, 0.717) is 13.0 Å². The zero-order chi connectivity index (χ0) is 12.0. The van der Waals surface area contributed by atoms with Gasteiger partial charge in [-0.15, -0.1) is 6.42 Å². The topological polar surface area (TPSA) is 47.6 Å². The number of ether oxygens (including phenoxy) is 2. The molecule has 0 aromatic rings. The lowest BCUT2D eigenvalue weighted by atomic mass is 9.80. The molecule has 0 heterocycles. The van der Waals surface area contributed by atoms with Crippen molar-refractivity contribution in [3.8, 4) is 12.3 Å². The molecule has 1 rings (SSSR count). The molecule has 2 atom stereocenters. The van der Waals surface area contributed by atoms with E-state index >= 15 is 0 Å². The van der Waals surface area contributed by atoms with Crippen molar-refractivity contribution in [1.29, 1.82) is 0 Å². The van der Waals surface area contributed by atoms with E-state index in [-0.39, 0.29) is 12.1 Å². The summed E-state index contributed by atoms with van der Waals surface area (Å²) in [5, 5.41) is 3.11. The zero-order valence-electron chi connectivity index (χ0n) is 9.91. The van der Waals surface area contributed by atoms with E-state index in [1.165, 1.54) is 7.11 Å². The highest BCUT2D eigenvalue weighted by Gasteiger charge is 2.43. The van der Waals surface area contributed by atoms with Crippen LogP contribution in [0.2, 0.25) is 0 Å². The molecule has 1 aliphatic rings. The molecular weight excluding hydrogens is 206 g/mol. The second-order valence-corrected chi connectivity index (χ2v) is 4.09. The molecule has 90 valence electrons. The van der Waals surface area contributed by atoms with Crippen LogP contribution >= 0.6 is 0 Å². The lowest BCUT2D eigenvalue weighted by molar-refractivity contribution is -0.152. The molecule has 0 bridgehead atoms. The van der Waals surface area contributed by atoms with Gasteiger partial charge in [0.1, 0.15) is 5.54 Å². The highest BCUT2D eigenvalue weighted by molar-refractivity contribution is 5.81. The molecule has 1 fully saturated rings. The number of hydrogen-bond donors (Lipinski definition) is 1. The van der Waals surface area contributed by atoms with Crippen molar-refractivity contribution in [2.24, 2.45) is 0 Å². The third-order valence-electron chi connectivity index (χ3n) is 3.14. The van der Waals surface area contributed by atoms with Crippen molar-refractivity contribution in [3.63, 3.8) is 0 Å².